The number of rotatable bonds is 4. The molecule has 1 heterocycles. The van der Waals surface area contributed by atoms with Crippen molar-refractivity contribution in [1.82, 2.24) is 10.3 Å². The molecule has 4 nitrogen and oxygen atoms in total. The highest BCUT2D eigenvalue weighted by molar-refractivity contribution is 5.78. The Hall–Kier alpha value is -2.36. The number of aromatic nitrogens is 1. The van der Waals surface area contributed by atoms with E-state index >= 15 is 0 Å². The molecule has 110 valence electrons. The van der Waals surface area contributed by atoms with Crippen LogP contribution in [0.15, 0.2) is 35.1 Å². The van der Waals surface area contributed by atoms with E-state index in [4.69, 9.17) is 0 Å². The van der Waals surface area contributed by atoms with Crippen molar-refractivity contribution >= 4 is 5.91 Å². The van der Waals surface area contributed by atoms with Crippen molar-refractivity contribution in [3.8, 4) is 0 Å². The second-order valence-corrected chi connectivity index (χ2v) is 5.32. The Kier molecular flexibility index (Phi) is 4.58. The molecule has 2 N–H and O–H groups in total. The summed E-state index contributed by atoms with van der Waals surface area (Å²) in [5.74, 6) is -0.0799. The quantitative estimate of drug-likeness (QED) is 0.903. The zero-order valence-electron chi connectivity index (χ0n) is 12.6. The molecule has 0 aliphatic carbocycles. The Balaban J connectivity index is 2.02. The minimum absolute atomic E-state index is 0.0799. The molecule has 1 aromatic heterocycles. The Labute approximate surface area is 124 Å². The van der Waals surface area contributed by atoms with Gasteiger partial charge in [-0.3, -0.25) is 9.59 Å². The first-order chi connectivity index (χ1) is 9.97. The molecule has 0 saturated heterocycles. The van der Waals surface area contributed by atoms with Gasteiger partial charge in [-0.25, -0.2) is 0 Å². The van der Waals surface area contributed by atoms with Crippen molar-refractivity contribution in [3.63, 3.8) is 0 Å². The maximum atomic E-state index is 12.0. The fourth-order valence-electron chi connectivity index (χ4n) is 2.33. The number of carbonyl (C=O) groups excluding carboxylic acids is 1. The number of amides is 1. The minimum atomic E-state index is -0.135. The van der Waals surface area contributed by atoms with Gasteiger partial charge in [-0.15, -0.1) is 0 Å². The zero-order valence-corrected chi connectivity index (χ0v) is 12.6. The highest BCUT2D eigenvalue weighted by atomic mass is 16.1. The van der Waals surface area contributed by atoms with Gasteiger partial charge in [-0.1, -0.05) is 24.3 Å². The maximum Gasteiger partial charge on any atom is 0.253 e. The molecule has 0 unspecified atom stereocenters. The molecule has 0 bridgehead atoms. The third-order valence-corrected chi connectivity index (χ3v) is 3.57. The molecule has 0 saturated carbocycles. The predicted molar refractivity (Wildman–Crippen MR) is 83.3 cm³/mol. The molecular weight excluding hydrogens is 264 g/mol. The fraction of sp³-hybridized carbons (Fsp3) is 0.294. The van der Waals surface area contributed by atoms with E-state index in [9.17, 15) is 9.59 Å². The van der Waals surface area contributed by atoms with Gasteiger partial charge in [0.05, 0.1) is 6.42 Å². The van der Waals surface area contributed by atoms with E-state index in [1.54, 1.807) is 0 Å². The lowest BCUT2D eigenvalue weighted by atomic mass is 10.1. The van der Waals surface area contributed by atoms with Crippen LogP contribution < -0.4 is 10.9 Å². The van der Waals surface area contributed by atoms with Crippen LogP contribution in [-0.2, 0) is 17.8 Å². The molecule has 2 aromatic rings. The molecule has 0 fully saturated rings. The first kappa shape index (κ1) is 15.0. The number of benzene rings is 1. The van der Waals surface area contributed by atoms with Crippen molar-refractivity contribution in [1.29, 1.82) is 0 Å². The van der Waals surface area contributed by atoms with Crippen LogP contribution in [0.25, 0.3) is 0 Å². The summed E-state index contributed by atoms with van der Waals surface area (Å²) >= 11 is 0. The summed E-state index contributed by atoms with van der Waals surface area (Å²) in [6.45, 7) is 5.96. The summed E-state index contributed by atoms with van der Waals surface area (Å²) in [5, 5.41) is 2.82. The summed E-state index contributed by atoms with van der Waals surface area (Å²) < 4.78 is 0. The van der Waals surface area contributed by atoms with Gasteiger partial charge < -0.3 is 10.3 Å². The van der Waals surface area contributed by atoms with Crippen LogP contribution in [0.1, 0.15) is 27.9 Å². The molecule has 2 rings (SSSR count). The van der Waals surface area contributed by atoms with Gasteiger partial charge in [0.2, 0.25) is 5.91 Å². The zero-order chi connectivity index (χ0) is 15.4. The third-order valence-electron chi connectivity index (χ3n) is 3.57. The van der Waals surface area contributed by atoms with Gasteiger partial charge in [0.25, 0.3) is 5.56 Å². The molecular formula is C17H20N2O2. The molecule has 4 heteroatoms. The SMILES string of the molecule is Cc1cc(C)c(CNC(=O)Cc2ccccc2C)c(=O)[nH]1. The van der Waals surface area contributed by atoms with Crippen LogP contribution in [0.2, 0.25) is 0 Å². The molecule has 0 aliphatic rings. The van der Waals surface area contributed by atoms with Gasteiger partial charge in [-0.2, -0.15) is 0 Å². The summed E-state index contributed by atoms with van der Waals surface area (Å²) in [4.78, 5) is 26.6. The molecule has 1 amide bonds. The number of aromatic amines is 1. The summed E-state index contributed by atoms with van der Waals surface area (Å²) in [6, 6.07) is 9.71. The first-order valence-corrected chi connectivity index (χ1v) is 6.98. The minimum Gasteiger partial charge on any atom is -0.352 e. The van der Waals surface area contributed by atoms with Gasteiger partial charge in [0.15, 0.2) is 0 Å². The van der Waals surface area contributed by atoms with Crippen LogP contribution >= 0.6 is 0 Å². The van der Waals surface area contributed by atoms with Crippen LogP contribution in [-0.4, -0.2) is 10.9 Å². The number of hydrogen-bond donors (Lipinski definition) is 2. The van der Waals surface area contributed by atoms with E-state index in [0.717, 1.165) is 22.4 Å². The average molecular weight is 284 g/mol. The Bertz CT molecular complexity index is 717. The monoisotopic (exact) mass is 284 g/mol. The van der Waals surface area contributed by atoms with E-state index in [2.05, 4.69) is 10.3 Å². The van der Waals surface area contributed by atoms with E-state index < -0.39 is 0 Å². The van der Waals surface area contributed by atoms with Crippen LogP contribution in [0.3, 0.4) is 0 Å². The third kappa shape index (κ3) is 3.81. The van der Waals surface area contributed by atoms with Crippen molar-refractivity contribution in [2.75, 3.05) is 0 Å². The van der Waals surface area contributed by atoms with Gasteiger partial charge >= 0.3 is 0 Å². The summed E-state index contributed by atoms with van der Waals surface area (Å²) in [7, 11) is 0. The number of hydrogen-bond acceptors (Lipinski definition) is 2. The topological polar surface area (TPSA) is 62.0 Å². The number of pyridine rings is 1. The number of nitrogens with one attached hydrogen (secondary N) is 2. The number of carbonyl (C=O) groups is 1. The Morgan fingerprint density at radius 1 is 1.14 bits per heavy atom. The van der Waals surface area contributed by atoms with Crippen LogP contribution in [0.4, 0.5) is 0 Å². The van der Waals surface area contributed by atoms with Crippen molar-refractivity contribution < 1.29 is 4.79 Å². The molecule has 0 atom stereocenters. The van der Waals surface area contributed by atoms with Gasteiger partial charge in [0, 0.05) is 17.8 Å². The number of H-pyrrole nitrogens is 1. The standard InChI is InChI=1S/C17H20N2O2/c1-11-6-4-5-7-14(11)9-16(20)18-10-15-12(2)8-13(3)19-17(15)21/h4-8H,9-10H2,1-3H3,(H,18,20)(H,19,21). The lowest BCUT2D eigenvalue weighted by Crippen LogP contribution is -2.29. The predicted octanol–water partition coefficient (Wildman–Crippen LogP) is 2.16. The first-order valence-electron chi connectivity index (χ1n) is 6.98. The summed E-state index contributed by atoms with van der Waals surface area (Å²) in [5.41, 5.74) is 4.30. The smallest absolute Gasteiger partial charge is 0.253 e. The highest BCUT2D eigenvalue weighted by Crippen LogP contribution is 2.08. The van der Waals surface area contributed by atoms with Crippen LogP contribution in [0, 0.1) is 20.8 Å². The fourth-order valence-corrected chi connectivity index (χ4v) is 2.33. The average Bonchev–Trinajstić information content (AvgIpc) is 2.40. The summed E-state index contributed by atoms with van der Waals surface area (Å²) in [6.07, 6.45) is 0.329. The highest BCUT2D eigenvalue weighted by Gasteiger charge is 2.09. The molecule has 1 aromatic carbocycles. The van der Waals surface area contributed by atoms with E-state index in [0.29, 0.717) is 12.0 Å². The molecule has 21 heavy (non-hydrogen) atoms. The van der Waals surface area contributed by atoms with Crippen LogP contribution in [0.5, 0.6) is 0 Å². The normalized spacial score (nSPS) is 10.4. The van der Waals surface area contributed by atoms with E-state index in [1.807, 2.05) is 51.1 Å². The Morgan fingerprint density at radius 3 is 2.52 bits per heavy atom. The largest absolute Gasteiger partial charge is 0.352 e. The van der Waals surface area contributed by atoms with Crippen molar-refractivity contribution in [2.24, 2.45) is 0 Å². The van der Waals surface area contributed by atoms with Gasteiger partial charge in [-0.05, 0) is 43.5 Å². The maximum absolute atomic E-state index is 12.0. The van der Waals surface area contributed by atoms with Crippen molar-refractivity contribution in [2.45, 2.75) is 33.7 Å². The molecule has 0 spiro atoms. The van der Waals surface area contributed by atoms with Gasteiger partial charge in [0.1, 0.15) is 0 Å². The second kappa shape index (κ2) is 6.39. The molecule has 0 radical (unpaired) electrons. The van der Waals surface area contributed by atoms with Crippen molar-refractivity contribution in [3.05, 3.63) is 68.6 Å². The number of aryl methyl sites for hydroxylation is 3. The molecule has 0 aliphatic heterocycles. The lowest BCUT2D eigenvalue weighted by Gasteiger charge is -2.09. The van der Waals surface area contributed by atoms with E-state index in [-0.39, 0.29) is 18.0 Å². The van der Waals surface area contributed by atoms with E-state index in [1.165, 1.54) is 0 Å². The Morgan fingerprint density at radius 2 is 1.86 bits per heavy atom. The second-order valence-electron chi connectivity index (χ2n) is 5.32. The lowest BCUT2D eigenvalue weighted by molar-refractivity contribution is -0.120.